The molecule has 2 atom stereocenters. The van der Waals surface area contributed by atoms with E-state index >= 15 is 0 Å². The molecular weight excluding hydrogens is 252 g/mol. The van der Waals surface area contributed by atoms with Crippen molar-refractivity contribution in [2.75, 3.05) is 13.1 Å². The lowest BCUT2D eigenvalue weighted by Crippen LogP contribution is -2.42. The second-order valence-corrected chi connectivity index (χ2v) is 6.37. The Morgan fingerprint density at radius 1 is 1.28 bits per heavy atom. The molecule has 1 saturated carbocycles. The summed E-state index contributed by atoms with van der Waals surface area (Å²) in [5.74, 6) is 1.44. The molecule has 0 radical (unpaired) electrons. The van der Waals surface area contributed by atoms with Gasteiger partial charge in [0.2, 0.25) is 0 Å². The number of nitrogens with two attached hydrogens (primary N) is 1. The molecule has 1 amide bonds. The first kappa shape index (κ1) is 15.6. The zero-order valence-electron chi connectivity index (χ0n) is 11.5. The number of rotatable bonds is 1. The third-order valence-electron chi connectivity index (χ3n) is 3.69. The highest BCUT2D eigenvalue weighted by atomic mass is 35.5. The number of nitrogens with zero attached hydrogens (tertiary/aromatic N) is 1. The maximum Gasteiger partial charge on any atom is 0.410 e. The van der Waals surface area contributed by atoms with Crippen molar-refractivity contribution in [2.24, 2.45) is 17.6 Å². The van der Waals surface area contributed by atoms with Gasteiger partial charge in [-0.2, -0.15) is 0 Å². The summed E-state index contributed by atoms with van der Waals surface area (Å²) in [5.41, 5.74) is 5.47. The van der Waals surface area contributed by atoms with E-state index in [1.54, 1.807) is 0 Å². The Labute approximate surface area is 116 Å². The van der Waals surface area contributed by atoms with E-state index in [-0.39, 0.29) is 18.5 Å². The molecule has 18 heavy (non-hydrogen) atoms. The highest BCUT2D eigenvalue weighted by molar-refractivity contribution is 5.85. The van der Waals surface area contributed by atoms with Crippen LogP contribution in [0, 0.1) is 11.8 Å². The molecule has 1 saturated heterocycles. The van der Waals surface area contributed by atoms with Gasteiger partial charge in [0.05, 0.1) is 0 Å². The molecule has 1 aliphatic carbocycles. The van der Waals surface area contributed by atoms with Crippen LogP contribution in [0.2, 0.25) is 0 Å². The smallest absolute Gasteiger partial charge is 0.410 e. The van der Waals surface area contributed by atoms with E-state index in [0.717, 1.165) is 37.8 Å². The van der Waals surface area contributed by atoms with E-state index in [1.807, 2.05) is 25.7 Å². The van der Waals surface area contributed by atoms with Gasteiger partial charge in [0, 0.05) is 19.1 Å². The molecule has 106 valence electrons. The molecule has 1 aliphatic heterocycles. The quantitative estimate of drug-likeness (QED) is 0.800. The summed E-state index contributed by atoms with van der Waals surface area (Å²) in [6, 6.07) is 0.424. The largest absolute Gasteiger partial charge is 0.444 e. The van der Waals surface area contributed by atoms with Crippen LogP contribution < -0.4 is 5.73 Å². The van der Waals surface area contributed by atoms with E-state index in [9.17, 15) is 4.79 Å². The van der Waals surface area contributed by atoms with Crippen molar-refractivity contribution >= 4 is 18.5 Å². The second kappa shape index (κ2) is 5.66. The third kappa shape index (κ3) is 4.02. The fraction of sp³-hybridized carbons (Fsp3) is 0.923. The van der Waals surface area contributed by atoms with Crippen LogP contribution in [-0.2, 0) is 4.74 Å². The lowest BCUT2D eigenvalue weighted by Gasteiger charge is -2.33. The fourth-order valence-electron chi connectivity index (χ4n) is 2.61. The minimum atomic E-state index is -0.396. The number of hydrogen-bond acceptors (Lipinski definition) is 3. The van der Waals surface area contributed by atoms with Crippen LogP contribution in [0.25, 0.3) is 0 Å². The number of amides is 1. The van der Waals surface area contributed by atoms with Gasteiger partial charge in [-0.3, -0.25) is 0 Å². The topological polar surface area (TPSA) is 55.6 Å². The van der Waals surface area contributed by atoms with Crippen LogP contribution in [0.3, 0.4) is 0 Å². The Morgan fingerprint density at radius 2 is 1.78 bits per heavy atom. The van der Waals surface area contributed by atoms with Gasteiger partial charge in [0.15, 0.2) is 0 Å². The zero-order valence-corrected chi connectivity index (χ0v) is 12.3. The Balaban J connectivity index is 0.00000162. The number of carbonyl (C=O) groups is 1. The first-order chi connectivity index (χ1) is 7.87. The minimum absolute atomic E-state index is 0. The molecule has 2 rings (SSSR count). The van der Waals surface area contributed by atoms with Crippen molar-refractivity contribution in [1.29, 1.82) is 0 Å². The van der Waals surface area contributed by atoms with Crippen molar-refractivity contribution in [1.82, 2.24) is 4.90 Å². The summed E-state index contributed by atoms with van der Waals surface area (Å²) < 4.78 is 5.37. The van der Waals surface area contributed by atoms with Gasteiger partial charge in [-0.1, -0.05) is 0 Å². The van der Waals surface area contributed by atoms with Crippen molar-refractivity contribution in [3.63, 3.8) is 0 Å². The summed E-state index contributed by atoms with van der Waals surface area (Å²) in [6.45, 7) is 7.36. The monoisotopic (exact) mass is 276 g/mol. The van der Waals surface area contributed by atoms with Crippen LogP contribution >= 0.6 is 12.4 Å². The molecule has 2 fully saturated rings. The second-order valence-electron chi connectivity index (χ2n) is 6.37. The molecule has 2 N–H and O–H groups in total. The predicted octanol–water partition coefficient (Wildman–Crippen LogP) is 2.40. The first-order valence-electron chi connectivity index (χ1n) is 6.60. The summed E-state index contributed by atoms with van der Waals surface area (Å²) in [4.78, 5) is 13.7. The molecule has 2 aliphatic rings. The van der Waals surface area contributed by atoms with Crippen molar-refractivity contribution < 1.29 is 9.53 Å². The molecule has 0 aromatic rings. The molecular formula is C13H25ClN2O2. The number of hydrogen-bond donors (Lipinski definition) is 1. The molecule has 1 heterocycles. The molecule has 0 aromatic heterocycles. The van der Waals surface area contributed by atoms with Crippen molar-refractivity contribution in [2.45, 2.75) is 51.7 Å². The molecule has 5 heteroatoms. The van der Waals surface area contributed by atoms with Crippen LogP contribution in [0.1, 0.15) is 40.0 Å². The molecule has 2 unspecified atom stereocenters. The third-order valence-corrected chi connectivity index (χ3v) is 3.69. The summed E-state index contributed by atoms with van der Waals surface area (Å²) >= 11 is 0. The minimum Gasteiger partial charge on any atom is -0.444 e. The SMILES string of the molecule is CC(C)(C)OC(=O)N1CCC(C2CC2N)CC1.Cl. The van der Waals surface area contributed by atoms with Gasteiger partial charge >= 0.3 is 6.09 Å². The summed E-state index contributed by atoms with van der Waals surface area (Å²) in [5, 5.41) is 0. The van der Waals surface area contributed by atoms with Gasteiger partial charge in [0.1, 0.15) is 5.60 Å². The standard InChI is InChI=1S/C13H24N2O2.ClH/c1-13(2,3)17-12(16)15-6-4-9(5-7-15)10-8-11(10)14;/h9-11H,4-8,14H2,1-3H3;1H. The normalized spacial score (nSPS) is 28.6. The molecule has 0 spiro atoms. The lowest BCUT2D eigenvalue weighted by molar-refractivity contribution is 0.0175. The van der Waals surface area contributed by atoms with Crippen LogP contribution in [0.5, 0.6) is 0 Å². The fourth-order valence-corrected chi connectivity index (χ4v) is 2.61. The molecule has 0 aromatic carbocycles. The van der Waals surface area contributed by atoms with Gasteiger partial charge in [-0.05, 0) is 51.9 Å². The Hall–Kier alpha value is -0.480. The van der Waals surface area contributed by atoms with Crippen LogP contribution in [0.15, 0.2) is 0 Å². The van der Waals surface area contributed by atoms with Crippen LogP contribution in [-0.4, -0.2) is 35.7 Å². The number of piperidine rings is 1. The zero-order chi connectivity index (χ0) is 12.6. The number of halogens is 1. The highest BCUT2D eigenvalue weighted by Crippen LogP contribution is 2.40. The summed E-state index contributed by atoms with van der Waals surface area (Å²) in [7, 11) is 0. The van der Waals surface area contributed by atoms with Gasteiger partial charge in [0.25, 0.3) is 0 Å². The summed E-state index contributed by atoms with van der Waals surface area (Å²) in [6.07, 6.45) is 3.17. The first-order valence-corrected chi connectivity index (χ1v) is 6.60. The average molecular weight is 277 g/mol. The van der Waals surface area contributed by atoms with Gasteiger partial charge < -0.3 is 15.4 Å². The van der Waals surface area contributed by atoms with E-state index in [2.05, 4.69) is 0 Å². The van der Waals surface area contributed by atoms with E-state index < -0.39 is 5.60 Å². The maximum atomic E-state index is 11.8. The van der Waals surface area contributed by atoms with Gasteiger partial charge in [-0.25, -0.2) is 4.79 Å². The average Bonchev–Trinajstić information content (AvgIpc) is 2.93. The van der Waals surface area contributed by atoms with E-state index in [4.69, 9.17) is 10.5 Å². The van der Waals surface area contributed by atoms with Crippen molar-refractivity contribution in [3.05, 3.63) is 0 Å². The maximum absolute atomic E-state index is 11.8. The number of carbonyl (C=O) groups excluding carboxylic acids is 1. The Kier molecular flexibility index (Phi) is 4.90. The Morgan fingerprint density at radius 3 is 2.17 bits per heavy atom. The van der Waals surface area contributed by atoms with E-state index in [1.165, 1.54) is 6.42 Å². The van der Waals surface area contributed by atoms with Crippen molar-refractivity contribution in [3.8, 4) is 0 Å². The van der Waals surface area contributed by atoms with E-state index in [0.29, 0.717) is 6.04 Å². The Bertz CT molecular complexity index is 296. The molecule has 4 nitrogen and oxygen atoms in total. The lowest BCUT2D eigenvalue weighted by atomic mass is 9.92. The number of likely N-dealkylation sites (tertiary alicyclic amines) is 1. The molecule has 0 bridgehead atoms. The van der Waals surface area contributed by atoms with Crippen LogP contribution in [0.4, 0.5) is 4.79 Å². The number of ether oxygens (including phenoxy) is 1. The van der Waals surface area contributed by atoms with Gasteiger partial charge in [-0.15, -0.1) is 12.4 Å². The predicted molar refractivity (Wildman–Crippen MR) is 73.9 cm³/mol. The highest BCUT2D eigenvalue weighted by Gasteiger charge is 2.41.